The molecular formula is C7H6N4O. The zero-order chi connectivity index (χ0) is 8.55. The number of hydrogen-bond donors (Lipinski definition) is 1. The van der Waals surface area contributed by atoms with Crippen LogP contribution in [0.5, 0.6) is 0 Å². The molecule has 1 amide bonds. The normalized spacial score (nSPS) is 10.3. The Morgan fingerprint density at radius 1 is 1.50 bits per heavy atom. The summed E-state index contributed by atoms with van der Waals surface area (Å²) in [6.45, 7) is 0. The molecule has 0 aromatic carbocycles. The van der Waals surface area contributed by atoms with Crippen LogP contribution in [0.1, 0.15) is 0 Å². The van der Waals surface area contributed by atoms with Crippen molar-refractivity contribution in [3.63, 3.8) is 0 Å². The number of rotatable bonds is 0. The van der Waals surface area contributed by atoms with Crippen LogP contribution in [0, 0.1) is 0 Å². The van der Waals surface area contributed by atoms with Crippen LogP contribution in [0.4, 0.5) is 4.79 Å². The summed E-state index contributed by atoms with van der Waals surface area (Å²) in [6, 6.07) is 2.91. The molecule has 12 heavy (non-hydrogen) atoms. The van der Waals surface area contributed by atoms with Gasteiger partial charge in [0.1, 0.15) is 6.33 Å². The van der Waals surface area contributed by atoms with E-state index in [-0.39, 0.29) is 0 Å². The number of carbonyl (C=O) groups is 1. The lowest BCUT2D eigenvalue weighted by molar-refractivity contribution is 0.251. The Labute approximate surface area is 67.8 Å². The van der Waals surface area contributed by atoms with E-state index >= 15 is 0 Å². The number of nitrogens with two attached hydrogens (primary N) is 1. The fourth-order valence-corrected chi connectivity index (χ4v) is 1.03. The molecule has 0 aliphatic heterocycles. The molecule has 0 aliphatic carbocycles. The van der Waals surface area contributed by atoms with E-state index in [1.165, 1.54) is 10.9 Å². The smallest absolute Gasteiger partial charge is 0.324 e. The fraction of sp³-hybridized carbons (Fsp3) is 0. The minimum absolute atomic E-state index is 0.524. The number of fused-ring (bicyclic) bond motifs is 1. The molecule has 2 rings (SSSR count). The largest absolute Gasteiger partial charge is 0.351 e. The lowest BCUT2D eigenvalue weighted by atomic mass is 10.4. The molecule has 0 saturated heterocycles. The summed E-state index contributed by atoms with van der Waals surface area (Å²) in [6.07, 6.45) is 2.97. The molecule has 0 aliphatic rings. The lowest BCUT2D eigenvalue weighted by Crippen LogP contribution is -2.18. The van der Waals surface area contributed by atoms with E-state index in [4.69, 9.17) is 5.73 Å². The molecule has 0 radical (unpaired) electrons. The molecule has 2 heterocycles. The van der Waals surface area contributed by atoms with E-state index in [9.17, 15) is 4.79 Å². The zero-order valence-electron chi connectivity index (χ0n) is 6.14. The monoisotopic (exact) mass is 162 g/mol. The Kier molecular flexibility index (Phi) is 1.30. The summed E-state index contributed by atoms with van der Waals surface area (Å²) in [7, 11) is 0. The first-order chi connectivity index (χ1) is 5.79. The molecule has 0 atom stereocenters. The fourth-order valence-electron chi connectivity index (χ4n) is 1.03. The van der Waals surface area contributed by atoms with Crippen molar-refractivity contribution in [3.05, 3.63) is 24.7 Å². The second-order valence-corrected chi connectivity index (χ2v) is 2.30. The van der Waals surface area contributed by atoms with Gasteiger partial charge in [-0.05, 0) is 12.1 Å². The standard InChI is InChI=1S/C7H6N4O/c8-7(12)11-4-10-6-5(11)2-1-3-9-6/h1-4H,(H2,8,12). The Bertz CT molecular complexity index is 434. The van der Waals surface area contributed by atoms with Gasteiger partial charge in [0.25, 0.3) is 0 Å². The van der Waals surface area contributed by atoms with Gasteiger partial charge in [0.05, 0.1) is 5.52 Å². The molecular weight excluding hydrogens is 156 g/mol. The average Bonchev–Trinajstić information content (AvgIpc) is 2.47. The van der Waals surface area contributed by atoms with Crippen LogP contribution in [0.3, 0.4) is 0 Å². The summed E-state index contributed by atoms with van der Waals surface area (Å²) in [5.74, 6) is 0. The van der Waals surface area contributed by atoms with Crippen molar-refractivity contribution in [2.45, 2.75) is 0 Å². The van der Waals surface area contributed by atoms with Gasteiger partial charge in [0.2, 0.25) is 0 Å². The minimum Gasteiger partial charge on any atom is -0.351 e. The van der Waals surface area contributed by atoms with Gasteiger partial charge in [-0.15, -0.1) is 0 Å². The van der Waals surface area contributed by atoms with Gasteiger partial charge < -0.3 is 5.73 Å². The second kappa shape index (κ2) is 2.30. The van der Waals surface area contributed by atoms with E-state index in [2.05, 4.69) is 9.97 Å². The number of imidazole rings is 1. The molecule has 0 bridgehead atoms. The number of aromatic nitrogens is 3. The molecule has 60 valence electrons. The third-order valence-corrected chi connectivity index (χ3v) is 1.56. The molecule has 2 aromatic heterocycles. The SMILES string of the molecule is NC(=O)n1cnc2ncccc21. The van der Waals surface area contributed by atoms with Crippen molar-refractivity contribution < 1.29 is 4.79 Å². The van der Waals surface area contributed by atoms with Gasteiger partial charge in [-0.25, -0.2) is 19.3 Å². The van der Waals surface area contributed by atoms with Crippen LogP contribution >= 0.6 is 0 Å². The van der Waals surface area contributed by atoms with Gasteiger partial charge in [-0.1, -0.05) is 0 Å². The highest BCUT2D eigenvalue weighted by molar-refractivity contribution is 5.86. The first-order valence-corrected chi connectivity index (χ1v) is 3.37. The van der Waals surface area contributed by atoms with Crippen LogP contribution in [0.25, 0.3) is 11.2 Å². The maximum atomic E-state index is 10.8. The van der Waals surface area contributed by atoms with Crippen LogP contribution in [-0.4, -0.2) is 20.6 Å². The quantitative estimate of drug-likeness (QED) is 0.607. The third kappa shape index (κ3) is 0.833. The first-order valence-electron chi connectivity index (χ1n) is 3.37. The molecule has 0 fully saturated rings. The topological polar surface area (TPSA) is 73.8 Å². The highest BCUT2D eigenvalue weighted by Crippen LogP contribution is 2.07. The van der Waals surface area contributed by atoms with Crippen molar-refractivity contribution in [2.75, 3.05) is 0 Å². The second-order valence-electron chi connectivity index (χ2n) is 2.30. The summed E-state index contributed by atoms with van der Waals surface area (Å²) in [4.78, 5) is 18.6. The highest BCUT2D eigenvalue weighted by Gasteiger charge is 2.04. The number of pyridine rings is 1. The Morgan fingerprint density at radius 3 is 3.08 bits per heavy atom. The predicted octanol–water partition coefficient (Wildman–Crippen LogP) is 0.358. The maximum Gasteiger partial charge on any atom is 0.324 e. The number of primary amides is 1. The minimum atomic E-state index is -0.550. The molecule has 2 aromatic rings. The van der Waals surface area contributed by atoms with E-state index in [1.807, 2.05) is 0 Å². The number of nitrogens with zero attached hydrogens (tertiary/aromatic N) is 3. The van der Waals surface area contributed by atoms with Crippen LogP contribution in [0.15, 0.2) is 24.7 Å². The zero-order valence-corrected chi connectivity index (χ0v) is 6.14. The molecule has 0 spiro atoms. The Morgan fingerprint density at radius 2 is 2.33 bits per heavy atom. The van der Waals surface area contributed by atoms with Crippen molar-refractivity contribution >= 4 is 17.2 Å². The van der Waals surface area contributed by atoms with Crippen molar-refractivity contribution in [3.8, 4) is 0 Å². The van der Waals surface area contributed by atoms with Crippen LogP contribution < -0.4 is 5.73 Å². The summed E-state index contributed by atoms with van der Waals surface area (Å²) >= 11 is 0. The molecule has 0 unspecified atom stereocenters. The maximum absolute atomic E-state index is 10.8. The summed E-state index contributed by atoms with van der Waals surface area (Å²) < 4.78 is 1.25. The van der Waals surface area contributed by atoms with Crippen molar-refractivity contribution in [1.29, 1.82) is 0 Å². The summed E-state index contributed by atoms with van der Waals surface area (Å²) in [5, 5.41) is 0. The molecule has 0 saturated carbocycles. The molecule has 2 N–H and O–H groups in total. The Balaban J connectivity index is 2.79. The van der Waals surface area contributed by atoms with E-state index in [1.54, 1.807) is 18.3 Å². The van der Waals surface area contributed by atoms with Crippen LogP contribution in [0.2, 0.25) is 0 Å². The van der Waals surface area contributed by atoms with E-state index in [0.717, 1.165) is 0 Å². The third-order valence-electron chi connectivity index (χ3n) is 1.56. The van der Waals surface area contributed by atoms with Crippen molar-refractivity contribution in [2.24, 2.45) is 5.73 Å². The first kappa shape index (κ1) is 6.78. The average molecular weight is 162 g/mol. The predicted molar refractivity (Wildman–Crippen MR) is 42.5 cm³/mol. The van der Waals surface area contributed by atoms with Gasteiger partial charge in [0, 0.05) is 6.20 Å². The number of amides is 1. The number of hydrogen-bond acceptors (Lipinski definition) is 3. The summed E-state index contributed by atoms with van der Waals surface area (Å²) in [5.41, 5.74) is 6.23. The van der Waals surface area contributed by atoms with E-state index in [0.29, 0.717) is 11.2 Å². The van der Waals surface area contributed by atoms with Gasteiger partial charge in [-0.3, -0.25) is 0 Å². The van der Waals surface area contributed by atoms with Gasteiger partial charge in [0.15, 0.2) is 5.65 Å². The highest BCUT2D eigenvalue weighted by atomic mass is 16.2. The van der Waals surface area contributed by atoms with Gasteiger partial charge in [-0.2, -0.15) is 0 Å². The van der Waals surface area contributed by atoms with Crippen LogP contribution in [-0.2, 0) is 0 Å². The lowest BCUT2D eigenvalue weighted by Gasteiger charge is -1.94. The van der Waals surface area contributed by atoms with E-state index < -0.39 is 6.03 Å². The Hall–Kier alpha value is -1.91. The molecule has 5 heteroatoms. The number of carbonyl (C=O) groups excluding carboxylic acids is 1. The molecule has 5 nitrogen and oxygen atoms in total. The van der Waals surface area contributed by atoms with Crippen molar-refractivity contribution in [1.82, 2.24) is 14.5 Å². The van der Waals surface area contributed by atoms with Gasteiger partial charge >= 0.3 is 6.03 Å².